The lowest BCUT2D eigenvalue weighted by molar-refractivity contribution is -0.151. The molecular formula is C14H21F2NO4. The Kier molecular flexibility index (Phi) is 4.96. The molecule has 1 heterocycles. The van der Waals surface area contributed by atoms with Crippen LogP contribution in [-0.2, 0) is 14.3 Å². The van der Waals surface area contributed by atoms with Crippen molar-refractivity contribution < 1.29 is 27.8 Å². The minimum Gasteiger partial charge on any atom is -0.468 e. The summed E-state index contributed by atoms with van der Waals surface area (Å²) in [4.78, 5) is 25.2. The maximum Gasteiger partial charge on any atom is 0.410 e. The van der Waals surface area contributed by atoms with E-state index in [-0.39, 0.29) is 25.1 Å². The molecule has 1 unspecified atom stereocenters. The quantitative estimate of drug-likeness (QED) is 0.699. The van der Waals surface area contributed by atoms with Gasteiger partial charge >= 0.3 is 12.1 Å². The second kappa shape index (κ2) is 5.99. The molecule has 7 heteroatoms. The number of likely N-dealkylation sites (tertiary alicyclic amines) is 1. The number of ether oxygens (including phenoxy) is 2. The Morgan fingerprint density at radius 1 is 1.29 bits per heavy atom. The van der Waals surface area contributed by atoms with Crippen LogP contribution in [0.5, 0.6) is 0 Å². The fraction of sp³-hybridized carbons (Fsp3) is 0.714. The number of carbonyl (C=O) groups is 2. The van der Waals surface area contributed by atoms with E-state index in [2.05, 4.69) is 4.74 Å². The van der Waals surface area contributed by atoms with Gasteiger partial charge in [-0.15, -0.1) is 0 Å². The summed E-state index contributed by atoms with van der Waals surface area (Å²) in [6, 6.07) is 0. The molecule has 0 saturated carbocycles. The molecule has 0 aromatic heterocycles. The van der Waals surface area contributed by atoms with Gasteiger partial charge < -0.3 is 14.4 Å². The number of amides is 1. The Bertz CT molecular complexity index is 466. The van der Waals surface area contributed by atoms with Crippen LogP contribution in [0.2, 0.25) is 0 Å². The summed E-state index contributed by atoms with van der Waals surface area (Å²) in [5.41, 5.74) is -2.53. The van der Waals surface area contributed by atoms with E-state index < -0.39 is 29.2 Å². The molecule has 0 N–H and O–H groups in total. The number of carbonyl (C=O) groups excluding carboxylic acids is 2. The number of hydrogen-bond acceptors (Lipinski definition) is 4. The van der Waals surface area contributed by atoms with Gasteiger partial charge in [0, 0.05) is 18.7 Å². The smallest absolute Gasteiger partial charge is 0.410 e. The molecule has 0 aromatic rings. The van der Waals surface area contributed by atoms with Crippen molar-refractivity contribution in [1.82, 2.24) is 4.90 Å². The van der Waals surface area contributed by atoms with Crippen LogP contribution in [0.15, 0.2) is 11.7 Å². The lowest BCUT2D eigenvalue weighted by Gasteiger charge is -2.40. The topological polar surface area (TPSA) is 55.8 Å². The van der Waals surface area contributed by atoms with Crippen LogP contribution in [0.25, 0.3) is 0 Å². The van der Waals surface area contributed by atoms with Crippen molar-refractivity contribution in [3.63, 3.8) is 0 Å². The summed E-state index contributed by atoms with van der Waals surface area (Å²) in [5.74, 6) is -0.793. The van der Waals surface area contributed by atoms with Crippen molar-refractivity contribution in [2.45, 2.75) is 39.7 Å². The fourth-order valence-corrected chi connectivity index (χ4v) is 2.28. The standard InChI is InChI=1S/C14H21F2NO4/c1-13(2,3)21-12(19)17-7-6-9(10(15)16)14(4,8-17)11(18)20-5/h6-8H2,1-5H3. The molecule has 1 amide bonds. The van der Waals surface area contributed by atoms with Crippen LogP contribution in [-0.4, -0.2) is 42.8 Å². The summed E-state index contributed by atoms with van der Waals surface area (Å²) in [6.45, 7) is 6.36. The number of esters is 1. The Morgan fingerprint density at radius 3 is 2.29 bits per heavy atom. The van der Waals surface area contributed by atoms with Crippen LogP contribution < -0.4 is 0 Å². The van der Waals surface area contributed by atoms with Crippen molar-refractivity contribution in [3.05, 3.63) is 11.7 Å². The summed E-state index contributed by atoms with van der Waals surface area (Å²) in [7, 11) is 1.13. The number of rotatable bonds is 1. The van der Waals surface area contributed by atoms with E-state index in [0.29, 0.717) is 0 Å². The van der Waals surface area contributed by atoms with Gasteiger partial charge in [-0.05, 0) is 34.1 Å². The van der Waals surface area contributed by atoms with E-state index in [1.54, 1.807) is 20.8 Å². The molecule has 1 atom stereocenters. The highest BCUT2D eigenvalue weighted by Crippen LogP contribution is 2.39. The van der Waals surface area contributed by atoms with Crippen molar-refractivity contribution in [1.29, 1.82) is 0 Å². The molecule has 1 aliphatic heterocycles. The normalized spacial score (nSPS) is 22.8. The van der Waals surface area contributed by atoms with Crippen molar-refractivity contribution >= 4 is 12.1 Å². The minimum absolute atomic E-state index is 0.0776. The van der Waals surface area contributed by atoms with E-state index >= 15 is 0 Å². The third-order valence-electron chi connectivity index (χ3n) is 3.32. The van der Waals surface area contributed by atoms with Gasteiger partial charge in [0.05, 0.1) is 7.11 Å². The molecule has 0 aliphatic carbocycles. The maximum atomic E-state index is 13.0. The molecule has 1 aliphatic rings. The van der Waals surface area contributed by atoms with E-state index in [1.165, 1.54) is 11.8 Å². The van der Waals surface area contributed by atoms with Gasteiger partial charge in [0.2, 0.25) is 0 Å². The van der Waals surface area contributed by atoms with Crippen LogP contribution in [0, 0.1) is 5.41 Å². The van der Waals surface area contributed by atoms with Gasteiger partial charge in [0.25, 0.3) is 6.08 Å². The highest BCUT2D eigenvalue weighted by molar-refractivity contribution is 5.82. The van der Waals surface area contributed by atoms with Crippen LogP contribution in [0.4, 0.5) is 13.6 Å². The van der Waals surface area contributed by atoms with Crippen LogP contribution in [0.3, 0.4) is 0 Å². The Morgan fingerprint density at radius 2 is 1.86 bits per heavy atom. The summed E-state index contributed by atoms with van der Waals surface area (Å²) < 4.78 is 35.9. The molecular weight excluding hydrogens is 284 g/mol. The van der Waals surface area contributed by atoms with Gasteiger partial charge in [-0.1, -0.05) is 0 Å². The molecule has 0 radical (unpaired) electrons. The molecule has 0 spiro atoms. The van der Waals surface area contributed by atoms with E-state index in [9.17, 15) is 18.4 Å². The van der Waals surface area contributed by atoms with Gasteiger partial charge in [-0.3, -0.25) is 4.79 Å². The van der Waals surface area contributed by atoms with E-state index in [4.69, 9.17) is 4.74 Å². The zero-order valence-corrected chi connectivity index (χ0v) is 13.0. The average molecular weight is 305 g/mol. The van der Waals surface area contributed by atoms with Gasteiger partial charge in [0.15, 0.2) is 0 Å². The molecule has 5 nitrogen and oxygen atoms in total. The van der Waals surface area contributed by atoms with Gasteiger partial charge in [-0.2, -0.15) is 8.78 Å². The first-order chi connectivity index (χ1) is 9.51. The second-order valence-electron chi connectivity index (χ2n) is 6.21. The molecule has 21 heavy (non-hydrogen) atoms. The minimum atomic E-state index is -1.90. The van der Waals surface area contributed by atoms with Crippen molar-refractivity contribution in [2.24, 2.45) is 5.41 Å². The van der Waals surface area contributed by atoms with Crippen molar-refractivity contribution in [2.75, 3.05) is 20.2 Å². The lowest BCUT2D eigenvalue weighted by Crippen LogP contribution is -2.51. The molecule has 1 saturated heterocycles. The zero-order chi connectivity index (χ0) is 16.4. The highest BCUT2D eigenvalue weighted by atomic mass is 19.3. The molecule has 0 aromatic carbocycles. The molecule has 1 fully saturated rings. The SMILES string of the molecule is COC(=O)C1(C)CN(C(=O)OC(C)(C)C)CCC1=C(F)F. The predicted octanol–water partition coefficient (Wildman–Crippen LogP) is 2.96. The second-order valence-corrected chi connectivity index (χ2v) is 6.21. The number of hydrogen-bond donors (Lipinski definition) is 0. The number of piperidine rings is 1. The molecule has 0 bridgehead atoms. The molecule has 1 rings (SSSR count). The first-order valence-electron chi connectivity index (χ1n) is 6.62. The summed E-state index contributed by atoms with van der Waals surface area (Å²) >= 11 is 0. The van der Waals surface area contributed by atoms with Crippen LogP contribution >= 0.6 is 0 Å². The largest absolute Gasteiger partial charge is 0.468 e. The Balaban J connectivity index is 3.02. The fourth-order valence-electron chi connectivity index (χ4n) is 2.28. The Labute approximate surface area is 122 Å². The van der Waals surface area contributed by atoms with E-state index in [0.717, 1.165) is 7.11 Å². The lowest BCUT2D eigenvalue weighted by atomic mass is 9.77. The number of nitrogens with zero attached hydrogens (tertiary/aromatic N) is 1. The number of methoxy groups -OCH3 is 1. The first kappa shape index (κ1) is 17.4. The highest BCUT2D eigenvalue weighted by Gasteiger charge is 2.47. The predicted molar refractivity (Wildman–Crippen MR) is 71.8 cm³/mol. The third-order valence-corrected chi connectivity index (χ3v) is 3.32. The van der Waals surface area contributed by atoms with Crippen LogP contribution in [0.1, 0.15) is 34.1 Å². The van der Waals surface area contributed by atoms with Gasteiger partial charge in [-0.25, -0.2) is 4.79 Å². The molecule has 120 valence electrons. The first-order valence-corrected chi connectivity index (χ1v) is 6.62. The average Bonchev–Trinajstić information content (AvgIpc) is 2.34. The Hall–Kier alpha value is -1.66. The van der Waals surface area contributed by atoms with Gasteiger partial charge in [0.1, 0.15) is 11.0 Å². The number of halogens is 2. The monoisotopic (exact) mass is 305 g/mol. The maximum absolute atomic E-state index is 13.0. The summed E-state index contributed by atoms with van der Waals surface area (Å²) in [5, 5.41) is 0. The van der Waals surface area contributed by atoms with E-state index in [1.807, 2.05) is 0 Å². The summed E-state index contributed by atoms with van der Waals surface area (Å²) in [6.07, 6.45) is -2.62. The zero-order valence-electron chi connectivity index (χ0n) is 13.0. The van der Waals surface area contributed by atoms with Crippen molar-refractivity contribution in [3.8, 4) is 0 Å². The third kappa shape index (κ3) is 3.92.